The molecule has 0 amide bonds. The van der Waals surface area contributed by atoms with Gasteiger partial charge in [0.1, 0.15) is 0 Å². The van der Waals surface area contributed by atoms with Crippen molar-refractivity contribution in [2.45, 2.75) is 53.4 Å². The van der Waals surface area contributed by atoms with Gasteiger partial charge in [-0.15, -0.1) is 0 Å². The summed E-state index contributed by atoms with van der Waals surface area (Å²) in [5.41, 5.74) is 1.61. The first-order valence-electron chi connectivity index (χ1n) is 5.79. The molecule has 1 aliphatic rings. The van der Waals surface area contributed by atoms with Gasteiger partial charge in [0, 0.05) is 0 Å². The van der Waals surface area contributed by atoms with E-state index in [1.807, 2.05) is 0 Å². The number of hydrogen-bond acceptors (Lipinski definition) is 0. The highest BCUT2D eigenvalue weighted by molar-refractivity contribution is 5.05. The van der Waals surface area contributed by atoms with E-state index in [-0.39, 0.29) is 0 Å². The van der Waals surface area contributed by atoms with Gasteiger partial charge in [0.2, 0.25) is 0 Å². The van der Waals surface area contributed by atoms with E-state index in [4.69, 9.17) is 0 Å². The molecule has 0 aromatic rings. The van der Waals surface area contributed by atoms with Crippen LogP contribution in [-0.2, 0) is 0 Å². The van der Waals surface area contributed by atoms with E-state index in [0.717, 1.165) is 17.8 Å². The van der Waals surface area contributed by atoms with Crippen LogP contribution in [0.1, 0.15) is 53.4 Å². The Balaban J connectivity index is 2.66. The van der Waals surface area contributed by atoms with Gasteiger partial charge in [-0.05, 0) is 44.4 Å². The molecule has 76 valence electrons. The van der Waals surface area contributed by atoms with E-state index in [1.165, 1.54) is 25.7 Å². The van der Waals surface area contributed by atoms with Crippen molar-refractivity contribution < 1.29 is 0 Å². The second-order valence-electron chi connectivity index (χ2n) is 4.85. The normalized spacial score (nSPS) is 22.7. The lowest BCUT2D eigenvalue weighted by atomic mass is 9.77. The fourth-order valence-electron chi connectivity index (χ4n) is 2.95. The van der Waals surface area contributed by atoms with Crippen LogP contribution in [0.4, 0.5) is 0 Å². The van der Waals surface area contributed by atoms with Gasteiger partial charge >= 0.3 is 0 Å². The number of hydrogen-bond donors (Lipinski definition) is 0. The Bertz CT molecular complexity index is 170. The Labute approximate surface area is 83.4 Å². The minimum atomic E-state index is 0.819. The fourth-order valence-corrected chi connectivity index (χ4v) is 2.95. The predicted molar refractivity (Wildman–Crippen MR) is 59.7 cm³/mol. The zero-order valence-corrected chi connectivity index (χ0v) is 9.64. The van der Waals surface area contributed by atoms with Crippen LogP contribution in [-0.4, -0.2) is 0 Å². The van der Waals surface area contributed by atoms with E-state index in [9.17, 15) is 0 Å². The average molecular weight is 180 g/mol. The van der Waals surface area contributed by atoms with Crippen molar-refractivity contribution in [3.63, 3.8) is 0 Å². The third-order valence-corrected chi connectivity index (χ3v) is 3.61. The van der Waals surface area contributed by atoms with Crippen molar-refractivity contribution >= 4 is 0 Å². The number of allylic oxidation sites excluding steroid dienone is 2. The maximum Gasteiger partial charge on any atom is -0.0155 e. The zero-order chi connectivity index (χ0) is 9.84. The van der Waals surface area contributed by atoms with E-state index >= 15 is 0 Å². The average Bonchev–Trinajstić information content (AvgIpc) is 2.56. The summed E-state index contributed by atoms with van der Waals surface area (Å²) in [4.78, 5) is 0. The van der Waals surface area contributed by atoms with Gasteiger partial charge in [0.05, 0.1) is 0 Å². The molecule has 1 fully saturated rings. The molecule has 1 aliphatic carbocycles. The maximum atomic E-state index is 2.37. The highest BCUT2D eigenvalue weighted by Crippen LogP contribution is 2.38. The molecule has 13 heavy (non-hydrogen) atoms. The summed E-state index contributed by atoms with van der Waals surface area (Å²) >= 11 is 0. The minimum Gasteiger partial charge on any atom is -0.0884 e. The van der Waals surface area contributed by atoms with Gasteiger partial charge in [0.25, 0.3) is 0 Å². The Morgan fingerprint density at radius 1 is 1.23 bits per heavy atom. The Morgan fingerprint density at radius 2 is 1.77 bits per heavy atom. The SMILES string of the molecule is C/C=C(\C)C(C(C)C)C1CCCC1. The van der Waals surface area contributed by atoms with Crippen LogP contribution in [0, 0.1) is 17.8 Å². The smallest absolute Gasteiger partial charge is 0.0155 e. The molecule has 0 heteroatoms. The Hall–Kier alpha value is -0.260. The van der Waals surface area contributed by atoms with Crippen LogP contribution < -0.4 is 0 Å². The second-order valence-corrected chi connectivity index (χ2v) is 4.85. The Morgan fingerprint density at radius 3 is 2.15 bits per heavy atom. The van der Waals surface area contributed by atoms with Crippen LogP contribution in [0.3, 0.4) is 0 Å². The maximum absolute atomic E-state index is 2.37. The van der Waals surface area contributed by atoms with Crippen LogP contribution in [0.15, 0.2) is 11.6 Å². The molecule has 0 N–H and O–H groups in total. The van der Waals surface area contributed by atoms with Gasteiger partial charge in [-0.25, -0.2) is 0 Å². The highest BCUT2D eigenvalue weighted by atomic mass is 14.3. The Kier molecular flexibility index (Phi) is 4.02. The second kappa shape index (κ2) is 4.83. The first-order chi connectivity index (χ1) is 6.16. The molecule has 0 aromatic carbocycles. The van der Waals surface area contributed by atoms with Crippen molar-refractivity contribution in [3.8, 4) is 0 Å². The summed E-state index contributed by atoms with van der Waals surface area (Å²) in [6, 6.07) is 0. The van der Waals surface area contributed by atoms with Crippen LogP contribution in [0.2, 0.25) is 0 Å². The quantitative estimate of drug-likeness (QED) is 0.564. The van der Waals surface area contributed by atoms with Gasteiger partial charge in [-0.2, -0.15) is 0 Å². The van der Waals surface area contributed by atoms with Crippen LogP contribution >= 0.6 is 0 Å². The van der Waals surface area contributed by atoms with Crippen LogP contribution in [0.25, 0.3) is 0 Å². The first-order valence-corrected chi connectivity index (χ1v) is 5.79. The number of rotatable bonds is 3. The monoisotopic (exact) mass is 180 g/mol. The molecule has 0 nitrogen and oxygen atoms in total. The van der Waals surface area contributed by atoms with Crippen LogP contribution in [0.5, 0.6) is 0 Å². The zero-order valence-electron chi connectivity index (χ0n) is 9.64. The highest BCUT2D eigenvalue weighted by Gasteiger charge is 2.27. The molecule has 0 radical (unpaired) electrons. The van der Waals surface area contributed by atoms with Crippen molar-refractivity contribution in [3.05, 3.63) is 11.6 Å². The van der Waals surface area contributed by atoms with Crippen molar-refractivity contribution in [2.75, 3.05) is 0 Å². The summed E-state index contributed by atoms with van der Waals surface area (Å²) in [5.74, 6) is 2.66. The molecule has 1 saturated carbocycles. The molecule has 0 bridgehead atoms. The van der Waals surface area contributed by atoms with Gasteiger partial charge in [0.15, 0.2) is 0 Å². The molecule has 0 aromatic heterocycles. The van der Waals surface area contributed by atoms with Gasteiger partial charge in [-0.3, -0.25) is 0 Å². The fraction of sp³-hybridized carbons (Fsp3) is 0.846. The standard InChI is InChI=1S/C13H24/c1-5-11(4)13(10(2)3)12-8-6-7-9-12/h5,10,12-13H,6-9H2,1-4H3/b11-5+. The minimum absolute atomic E-state index is 0.819. The molecule has 0 saturated heterocycles. The summed E-state index contributed by atoms with van der Waals surface area (Å²) in [5, 5.41) is 0. The molecule has 0 aliphatic heterocycles. The molecule has 1 rings (SSSR count). The predicted octanol–water partition coefficient (Wildman–Crippen LogP) is 4.42. The molecule has 0 spiro atoms. The summed E-state index contributed by atoms with van der Waals surface area (Å²) in [6.45, 7) is 9.23. The molecule has 1 atom stereocenters. The van der Waals surface area contributed by atoms with Crippen molar-refractivity contribution in [1.29, 1.82) is 0 Å². The summed E-state index contributed by atoms with van der Waals surface area (Å²) in [7, 11) is 0. The summed E-state index contributed by atoms with van der Waals surface area (Å²) in [6.07, 6.45) is 8.17. The van der Waals surface area contributed by atoms with E-state index < -0.39 is 0 Å². The molecular formula is C13H24. The van der Waals surface area contributed by atoms with Gasteiger partial charge in [-0.1, -0.05) is 38.3 Å². The van der Waals surface area contributed by atoms with Crippen molar-refractivity contribution in [2.24, 2.45) is 17.8 Å². The lowest BCUT2D eigenvalue weighted by molar-refractivity contribution is 0.301. The lowest BCUT2D eigenvalue weighted by Gasteiger charge is -2.28. The lowest BCUT2D eigenvalue weighted by Crippen LogP contribution is -2.19. The van der Waals surface area contributed by atoms with E-state index in [2.05, 4.69) is 33.8 Å². The van der Waals surface area contributed by atoms with Gasteiger partial charge < -0.3 is 0 Å². The van der Waals surface area contributed by atoms with E-state index in [0.29, 0.717) is 0 Å². The summed E-state index contributed by atoms with van der Waals surface area (Å²) < 4.78 is 0. The first kappa shape index (κ1) is 10.8. The third kappa shape index (κ3) is 2.59. The van der Waals surface area contributed by atoms with E-state index in [1.54, 1.807) is 5.57 Å². The molecule has 1 unspecified atom stereocenters. The van der Waals surface area contributed by atoms with Crippen molar-refractivity contribution in [1.82, 2.24) is 0 Å². The largest absolute Gasteiger partial charge is 0.0884 e. The topological polar surface area (TPSA) is 0 Å². The third-order valence-electron chi connectivity index (χ3n) is 3.61. The molecule has 0 heterocycles. The molecular weight excluding hydrogens is 156 g/mol.